The van der Waals surface area contributed by atoms with Crippen LogP contribution in [0.15, 0.2) is 66.9 Å². The van der Waals surface area contributed by atoms with Crippen molar-refractivity contribution >= 4 is 28.1 Å². The normalized spacial score (nSPS) is 13.7. The van der Waals surface area contributed by atoms with E-state index in [9.17, 15) is 20.4 Å². The van der Waals surface area contributed by atoms with Crippen LogP contribution in [0.5, 0.6) is 23.0 Å². The van der Waals surface area contributed by atoms with Gasteiger partial charge in [-0.1, -0.05) is 23.8 Å². The number of aromatic hydroxyl groups is 4. The minimum absolute atomic E-state index is 0.0198. The van der Waals surface area contributed by atoms with Crippen molar-refractivity contribution in [3.8, 4) is 23.0 Å². The van der Waals surface area contributed by atoms with Gasteiger partial charge >= 0.3 is 0 Å². The Morgan fingerprint density at radius 3 is 2.07 bits per heavy atom. The predicted octanol–water partition coefficient (Wildman–Crippen LogP) is 5.68. The van der Waals surface area contributed by atoms with Gasteiger partial charge in [0.05, 0.1) is 5.69 Å². The van der Waals surface area contributed by atoms with E-state index in [2.05, 4.69) is 12.1 Å². The molecule has 152 valence electrons. The summed E-state index contributed by atoms with van der Waals surface area (Å²) in [6.45, 7) is 4.09. The van der Waals surface area contributed by atoms with Crippen LogP contribution in [-0.2, 0) is 0 Å². The number of rotatable bonds is 3. The summed E-state index contributed by atoms with van der Waals surface area (Å²) in [5.74, 6) is -0.147. The fourth-order valence-corrected chi connectivity index (χ4v) is 4.55. The molecule has 0 fully saturated rings. The predicted molar refractivity (Wildman–Crippen MR) is 121 cm³/mol. The highest BCUT2D eigenvalue weighted by molar-refractivity contribution is 8.09. The average Bonchev–Trinajstić information content (AvgIpc) is 2.67. The van der Waals surface area contributed by atoms with Crippen molar-refractivity contribution in [2.75, 3.05) is 4.31 Å². The van der Waals surface area contributed by atoms with E-state index in [-0.39, 0.29) is 23.0 Å². The Morgan fingerprint density at radius 1 is 0.733 bits per heavy atom. The zero-order valence-corrected chi connectivity index (χ0v) is 17.3. The fourth-order valence-electron chi connectivity index (χ4n) is 3.41. The molecule has 4 N–H and O–H groups in total. The molecular formula is C24H21NO4S. The summed E-state index contributed by atoms with van der Waals surface area (Å²) in [4.78, 5) is 0.935. The number of allylic oxidation sites excluding steroid dienone is 2. The van der Waals surface area contributed by atoms with E-state index >= 15 is 0 Å². The first kappa shape index (κ1) is 19.8. The highest BCUT2D eigenvalue weighted by Gasteiger charge is 2.22. The van der Waals surface area contributed by atoms with Crippen LogP contribution >= 0.6 is 11.9 Å². The Kier molecular flexibility index (Phi) is 5.10. The quantitative estimate of drug-likeness (QED) is 0.409. The number of aryl methyl sites for hydroxylation is 2. The molecule has 4 rings (SSSR count). The summed E-state index contributed by atoms with van der Waals surface area (Å²) in [5.41, 5.74) is 5.09. The smallest absolute Gasteiger partial charge is 0.143 e. The maximum atomic E-state index is 10.4. The minimum atomic E-state index is -0.0603. The molecule has 1 heterocycles. The second-order valence-electron chi connectivity index (χ2n) is 7.20. The summed E-state index contributed by atoms with van der Waals surface area (Å²) >= 11 is 1.43. The third-order valence-corrected chi connectivity index (χ3v) is 5.91. The van der Waals surface area contributed by atoms with Crippen LogP contribution in [0.25, 0.3) is 10.5 Å². The Hall–Kier alpha value is -3.51. The van der Waals surface area contributed by atoms with Crippen LogP contribution in [0.1, 0.15) is 22.3 Å². The van der Waals surface area contributed by atoms with Crippen LogP contribution < -0.4 is 4.31 Å². The van der Waals surface area contributed by atoms with Gasteiger partial charge in [0.2, 0.25) is 0 Å². The number of hydrogen-bond donors (Lipinski definition) is 4. The lowest BCUT2D eigenvalue weighted by Gasteiger charge is -2.27. The van der Waals surface area contributed by atoms with Gasteiger partial charge in [-0.05, 0) is 67.3 Å². The van der Waals surface area contributed by atoms with Gasteiger partial charge in [-0.15, -0.1) is 0 Å². The van der Waals surface area contributed by atoms with E-state index in [1.807, 2.05) is 26.0 Å². The minimum Gasteiger partial charge on any atom is -0.508 e. The number of anilines is 1. The lowest BCUT2D eigenvalue weighted by atomic mass is 10.0. The summed E-state index contributed by atoms with van der Waals surface area (Å²) in [7, 11) is 0. The lowest BCUT2D eigenvalue weighted by molar-refractivity contribution is 0.449. The largest absolute Gasteiger partial charge is 0.508 e. The Balaban J connectivity index is 1.87. The molecule has 0 aliphatic carbocycles. The van der Waals surface area contributed by atoms with Crippen molar-refractivity contribution in [3.05, 3.63) is 89.1 Å². The first-order chi connectivity index (χ1) is 14.3. The van der Waals surface area contributed by atoms with Gasteiger partial charge in [-0.3, -0.25) is 4.31 Å². The fraction of sp³-hybridized carbons (Fsp3) is 0.0833. The molecule has 0 aromatic heterocycles. The average molecular weight is 420 g/mol. The first-order valence-corrected chi connectivity index (χ1v) is 10.1. The standard InChI is InChI=1S/C24H21NO4S/c1-14-3-6-19(15(2)9-14)24-10-16(20-7-4-17(26)11-22(20)28)13-25(30-24)21-8-5-18(27)12-23(21)29/h3-13,26-29H,1-2H3. The molecule has 0 spiro atoms. The molecule has 1 aliphatic rings. The van der Waals surface area contributed by atoms with Gasteiger partial charge in [0.1, 0.15) is 23.0 Å². The zero-order chi connectivity index (χ0) is 21.4. The monoisotopic (exact) mass is 419 g/mol. The van der Waals surface area contributed by atoms with E-state index in [0.29, 0.717) is 16.8 Å². The summed E-state index contributed by atoms with van der Waals surface area (Å²) in [6.07, 6.45) is 3.78. The van der Waals surface area contributed by atoms with Crippen LogP contribution in [0.2, 0.25) is 0 Å². The zero-order valence-electron chi connectivity index (χ0n) is 16.5. The second kappa shape index (κ2) is 7.72. The van der Waals surface area contributed by atoms with Gasteiger partial charge in [-0.2, -0.15) is 0 Å². The number of nitrogens with zero attached hydrogens (tertiary/aromatic N) is 1. The van der Waals surface area contributed by atoms with Crippen molar-refractivity contribution in [2.24, 2.45) is 0 Å². The Labute approximate surface area is 179 Å². The molecule has 0 unspecified atom stereocenters. The molecule has 0 radical (unpaired) electrons. The molecule has 3 aromatic carbocycles. The van der Waals surface area contributed by atoms with Crippen molar-refractivity contribution in [2.45, 2.75) is 13.8 Å². The van der Waals surface area contributed by atoms with Gasteiger partial charge in [0, 0.05) is 34.4 Å². The first-order valence-electron chi connectivity index (χ1n) is 9.34. The Bertz CT molecular complexity index is 1200. The highest BCUT2D eigenvalue weighted by Crippen LogP contribution is 2.46. The van der Waals surface area contributed by atoms with Crippen LogP contribution in [0.3, 0.4) is 0 Å². The van der Waals surface area contributed by atoms with E-state index in [0.717, 1.165) is 21.6 Å². The van der Waals surface area contributed by atoms with E-state index in [4.69, 9.17) is 0 Å². The van der Waals surface area contributed by atoms with Gasteiger partial charge < -0.3 is 20.4 Å². The van der Waals surface area contributed by atoms with E-state index < -0.39 is 0 Å². The molecule has 1 aliphatic heterocycles. The topological polar surface area (TPSA) is 84.2 Å². The van der Waals surface area contributed by atoms with Crippen molar-refractivity contribution in [1.29, 1.82) is 0 Å². The van der Waals surface area contributed by atoms with Gasteiger partial charge in [0.25, 0.3) is 0 Å². The van der Waals surface area contributed by atoms with Gasteiger partial charge in [0.15, 0.2) is 0 Å². The molecule has 3 aromatic rings. The third-order valence-electron chi connectivity index (χ3n) is 4.88. The highest BCUT2D eigenvalue weighted by atomic mass is 32.2. The molecular weight excluding hydrogens is 398 g/mol. The molecule has 6 heteroatoms. The molecule has 0 bridgehead atoms. The maximum Gasteiger partial charge on any atom is 0.143 e. The van der Waals surface area contributed by atoms with Crippen molar-refractivity contribution < 1.29 is 20.4 Å². The van der Waals surface area contributed by atoms with E-state index in [1.54, 1.807) is 22.6 Å². The number of benzene rings is 3. The van der Waals surface area contributed by atoms with Crippen molar-refractivity contribution in [3.63, 3.8) is 0 Å². The molecule has 30 heavy (non-hydrogen) atoms. The molecule has 0 amide bonds. The van der Waals surface area contributed by atoms with Gasteiger partial charge in [-0.25, -0.2) is 0 Å². The van der Waals surface area contributed by atoms with E-state index in [1.165, 1.54) is 36.2 Å². The Morgan fingerprint density at radius 2 is 1.40 bits per heavy atom. The van der Waals surface area contributed by atoms with Crippen molar-refractivity contribution in [1.82, 2.24) is 0 Å². The molecule has 0 atom stereocenters. The maximum absolute atomic E-state index is 10.4. The SMILES string of the molecule is Cc1ccc(C2=CC(c3ccc(O)cc3O)=CN(c3ccc(O)cc3O)S2)c(C)c1. The second-order valence-corrected chi connectivity index (χ2v) is 8.22. The van der Waals surface area contributed by atoms with Crippen LogP contribution in [-0.4, -0.2) is 20.4 Å². The number of hydrogen-bond acceptors (Lipinski definition) is 6. The summed E-state index contributed by atoms with van der Waals surface area (Å²) < 4.78 is 1.80. The third kappa shape index (κ3) is 3.82. The lowest BCUT2D eigenvalue weighted by Crippen LogP contribution is -2.11. The number of phenols is 4. The molecule has 0 saturated carbocycles. The van der Waals surface area contributed by atoms with Crippen LogP contribution in [0.4, 0.5) is 5.69 Å². The summed E-state index contributed by atoms with van der Waals surface area (Å²) in [5, 5.41) is 40.1. The number of phenolic OH excluding ortho intramolecular Hbond substituents is 4. The molecule has 5 nitrogen and oxygen atoms in total. The van der Waals surface area contributed by atoms with Crippen LogP contribution in [0, 0.1) is 13.8 Å². The molecule has 0 saturated heterocycles. The summed E-state index contributed by atoms with van der Waals surface area (Å²) in [6, 6.07) is 15.1.